The smallest absolute Gasteiger partial charge is 0.271 e. The van der Waals surface area contributed by atoms with Gasteiger partial charge in [-0.15, -0.1) is 0 Å². The normalized spacial score (nSPS) is 16.2. The first-order valence-electron chi connectivity index (χ1n) is 9.64. The first-order valence-corrected chi connectivity index (χ1v) is 9.64. The molecule has 1 atom stereocenters. The summed E-state index contributed by atoms with van der Waals surface area (Å²) in [5, 5.41) is 10.1. The largest absolute Gasteiger partial charge is 0.371 e. The van der Waals surface area contributed by atoms with Crippen molar-refractivity contribution < 1.29 is 9.53 Å². The lowest BCUT2D eigenvalue weighted by molar-refractivity contribution is 0.0411. The molecule has 0 aliphatic carbocycles. The van der Waals surface area contributed by atoms with E-state index in [1.807, 2.05) is 18.3 Å². The molecule has 0 saturated heterocycles. The van der Waals surface area contributed by atoms with E-state index in [2.05, 4.69) is 51.0 Å². The second-order valence-electron chi connectivity index (χ2n) is 7.36. The highest BCUT2D eigenvalue weighted by Crippen LogP contribution is 2.26. The fourth-order valence-electron chi connectivity index (χ4n) is 3.62. The van der Waals surface area contributed by atoms with E-state index < -0.39 is 0 Å². The van der Waals surface area contributed by atoms with Gasteiger partial charge in [0.05, 0.1) is 18.8 Å². The number of rotatable bonds is 6. The molecule has 2 aromatic heterocycles. The molecule has 0 spiro atoms. The Hall–Kier alpha value is -2.93. The van der Waals surface area contributed by atoms with E-state index in [4.69, 9.17) is 4.74 Å². The molecule has 1 unspecified atom stereocenters. The van der Waals surface area contributed by atoms with Crippen molar-refractivity contribution in [2.75, 3.05) is 13.2 Å². The number of H-pyrrole nitrogens is 1. The van der Waals surface area contributed by atoms with Crippen LogP contribution in [0.2, 0.25) is 0 Å². The van der Waals surface area contributed by atoms with E-state index >= 15 is 0 Å². The van der Waals surface area contributed by atoms with Crippen LogP contribution in [0.4, 0.5) is 0 Å². The highest BCUT2D eigenvalue weighted by Gasteiger charge is 2.21. The Kier molecular flexibility index (Phi) is 5.25. The lowest BCUT2D eigenvalue weighted by Crippen LogP contribution is -2.32. The Morgan fingerprint density at radius 2 is 2.25 bits per heavy atom. The highest BCUT2D eigenvalue weighted by atomic mass is 16.5. The molecule has 3 heterocycles. The Morgan fingerprint density at radius 1 is 1.39 bits per heavy atom. The van der Waals surface area contributed by atoms with Crippen LogP contribution in [-0.4, -0.2) is 38.8 Å². The van der Waals surface area contributed by atoms with Gasteiger partial charge in [-0.2, -0.15) is 5.10 Å². The summed E-state index contributed by atoms with van der Waals surface area (Å²) in [6.45, 7) is 5.92. The summed E-state index contributed by atoms with van der Waals surface area (Å²) >= 11 is 0. The number of ether oxygens (including phenoxy) is 1. The Morgan fingerprint density at radius 3 is 3.11 bits per heavy atom. The lowest BCUT2D eigenvalue weighted by Gasteiger charge is -2.26. The first kappa shape index (κ1) is 18.4. The standard InChI is InChI=1S/C21H25N5O2/c1-14(2)20-22-8-9-26(20)13-16-11-18(25-24-16)21(27)23-12-19-17-6-4-3-5-15(17)7-10-28-19/h3-6,8-9,11,14,19H,7,10,12-13H2,1-2H3,(H,23,27)(H,24,25). The van der Waals surface area contributed by atoms with Gasteiger partial charge < -0.3 is 14.6 Å². The van der Waals surface area contributed by atoms with E-state index in [0.29, 0.717) is 31.3 Å². The number of hydrogen-bond donors (Lipinski definition) is 2. The number of imidazole rings is 1. The fraction of sp³-hybridized carbons (Fsp3) is 0.381. The summed E-state index contributed by atoms with van der Waals surface area (Å²) in [5.74, 6) is 1.14. The van der Waals surface area contributed by atoms with E-state index in [1.165, 1.54) is 5.56 Å². The van der Waals surface area contributed by atoms with Gasteiger partial charge in [-0.3, -0.25) is 9.89 Å². The van der Waals surface area contributed by atoms with Crippen molar-refractivity contribution in [1.82, 2.24) is 25.1 Å². The number of hydrogen-bond acceptors (Lipinski definition) is 4. The molecule has 28 heavy (non-hydrogen) atoms. The van der Waals surface area contributed by atoms with Crippen LogP contribution in [0.15, 0.2) is 42.7 Å². The maximum atomic E-state index is 12.5. The van der Waals surface area contributed by atoms with Gasteiger partial charge in [0.25, 0.3) is 5.91 Å². The number of carbonyl (C=O) groups is 1. The van der Waals surface area contributed by atoms with Crippen molar-refractivity contribution in [3.05, 3.63) is 71.1 Å². The van der Waals surface area contributed by atoms with E-state index in [-0.39, 0.29) is 12.0 Å². The van der Waals surface area contributed by atoms with Crippen LogP contribution in [0, 0.1) is 0 Å². The molecule has 2 N–H and O–H groups in total. The molecule has 1 aliphatic rings. The van der Waals surface area contributed by atoms with E-state index in [9.17, 15) is 4.79 Å². The van der Waals surface area contributed by atoms with E-state index in [0.717, 1.165) is 23.5 Å². The molecular formula is C21H25N5O2. The maximum absolute atomic E-state index is 12.5. The molecule has 0 saturated carbocycles. The Labute approximate surface area is 164 Å². The van der Waals surface area contributed by atoms with Crippen LogP contribution in [0.25, 0.3) is 0 Å². The molecule has 0 fully saturated rings. The summed E-state index contributed by atoms with van der Waals surface area (Å²) in [6.07, 6.45) is 4.53. The van der Waals surface area contributed by atoms with Gasteiger partial charge in [0, 0.05) is 24.9 Å². The van der Waals surface area contributed by atoms with Gasteiger partial charge in [-0.05, 0) is 23.6 Å². The number of benzene rings is 1. The molecule has 1 aromatic carbocycles. The lowest BCUT2D eigenvalue weighted by atomic mass is 9.97. The third kappa shape index (κ3) is 3.84. The minimum atomic E-state index is -0.205. The van der Waals surface area contributed by atoms with E-state index in [1.54, 1.807) is 12.3 Å². The van der Waals surface area contributed by atoms with Crippen LogP contribution in [0.3, 0.4) is 0 Å². The zero-order valence-electron chi connectivity index (χ0n) is 16.2. The summed E-state index contributed by atoms with van der Waals surface area (Å²) in [7, 11) is 0. The summed E-state index contributed by atoms with van der Waals surface area (Å²) in [5.41, 5.74) is 3.68. The van der Waals surface area contributed by atoms with Crippen molar-refractivity contribution >= 4 is 5.91 Å². The predicted octanol–water partition coefficient (Wildman–Crippen LogP) is 2.82. The van der Waals surface area contributed by atoms with Crippen LogP contribution < -0.4 is 5.32 Å². The number of aromatic nitrogens is 4. The third-order valence-electron chi connectivity index (χ3n) is 5.01. The molecule has 146 valence electrons. The molecule has 1 aliphatic heterocycles. The number of fused-ring (bicyclic) bond motifs is 1. The predicted molar refractivity (Wildman–Crippen MR) is 105 cm³/mol. The Balaban J connectivity index is 1.38. The minimum Gasteiger partial charge on any atom is -0.371 e. The van der Waals surface area contributed by atoms with Crippen LogP contribution >= 0.6 is 0 Å². The SMILES string of the molecule is CC(C)c1nccn1Cc1cc(C(=O)NCC2OCCc3ccccc32)n[nH]1. The van der Waals surface area contributed by atoms with Gasteiger partial charge in [0.2, 0.25) is 0 Å². The molecule has 7 nitrogen and oxygen atoms in total. The van der Waals surface area contributed by atoms with Crippen molar-refractivity contribution in [1.29, 1.82) is 0 Å². The molecule has 7 heteroatoms. The van der Waals surface area contributed by atoms with Crippen LogP contribution in [-0.2, 0) is 17.7 Å². The molecule has 1 amide bonds. The second-order valence-corrected chi connectivity index (χ2v) is 7.36. The second kappa shape index (κ2) is 7.98. The summed E-state index contributed by atoms with van der Waals surface area (Å²) in [6, 6.07) is 10.0. The van der Waals surface area contributed by atoms with Gasteiger partial charge in [-0.1, -0.05) is 38.1 Å². The van der Waals surface area contributed by atoms with Gasteiger partial charge in [0.15, 0.2) is 0 Å². The summed E-state index contributed by atoms with van der Waals surface area (Å²) < 4.78 is 7.91. The zero-order valence-corrected chi connectivity index (χ0v) is 16.2. The number of amides is 1. The number of nitrogens with one attached hydrogen (secondary N) is 2. The molecule has 3 aromatic rings. The number of aromatic amines is 1. The molecule has 0 bridgehead atoms. The number of carbonyl (C=O) groups excluding carboxylic acids is 1. The maximum Gasteiger partial charge on any atom is 0.271 e. The highest BCUT2D eigenvalue weighted by molar-refractivity contribution is 5.92. The monoisotopic (exact) mass is 379 g/mol. The fourth-order valence-corrected chi connectivity index (χ4v) is 3.62. The average Bonchev–Trinajstić information content (AvgIpc) is 3.36. The van der Waals surface area contributed by atoms with Crippen molar-refractivity contribution in [3.63, 3.8) is 0 Å². The van der Waals surface area contributed by atoms with Crippen molar-refractivity contribution in [2.45, 2.75) is 38.8 Å². The number of nitrogens with zero attached hydrogens (tertiary/aromatic N) is 3. The zero-order chi connectivity index (χ0) is 19.5. The third-order valence-corrected chi connectivity index (χ3v) is 5.01. The van der Waals surface area contributed by atoms with Crippen LogP contribution in [0.5, 0.6) is 0 Å². The average molecular weight is 379 g/mol. The quantitative estimate of drug-likeness (QED) is 0.690. The molecular weight excluding hydrogens is 354 g/mol. The topological polar surface area (TPSA) is 84.8 Å². The van der Waals surface area contributed by atoms with Gasteiger partial charge in [0.1, 0.15) is 17.6 Å². The first-order chi connectivity index (χ1) is 13.6. The summed E-state index contributed by atoms with van der Waals surface area (Å²) in [4.78, 5) is 16.9. The van der Waals surface area contributed by atoms with Gasteiger partial charge >= 0.3 is 0 Å². The molecule has 0 radical (unpaired) electrons. The van der Waals surface area contributed by atoms with Crippen LogP contribution in [0.1, 0.15) is 59.0 Å². The van der Waals surface area contributed by atoms with Crippen molar-refractivity contribution in [3.8, 4) is 0 Å². The Bertz CT molecular complexity index is 959. The van der Waals surface area contributed by atoms with Gasteiger partial charge in [-0.25, -0.2) is 4.98 Å². The van der Waals surface area contributed by atoms with Crippen molar-refractivity contribution in [2.24, 2.45) is 0 Å². The molecule has 4 rings (SSSR count). The minimum absolute atomic E-state index is 0.119.